The molecule has 1 heterocycles. The summed E-state index contributed by atoms with van der Waals surface area (Å²) in [6, 6.07) is 18.9. The van der Waals surface area contributed by atoms with Gasteiger partial charge in [0.05, 0.1) is 24.2 Å². The first-order chi connectivity index (χ1) is 18.0. The monoisotopic (exact) mass is 579 g/mol. The quantitative estimate of drug-likeness (QED) is 0.215. The van der Waals surface area contributed by atoms with Gasteiger partial charge >= 0.3 is 0 Å². The van der Waals surface area contributed by atoms with Crippen LogP contribution in [0.5, 0.6) is 11.5 Å². The minimum atomic E-state index is -0.205. The maximum atomic E-state index is 13.7. The van der Waals surface area contributed by atoms with Gasteiger partial charge in [-0.3, -0.25) is 4.79 Å². The molecule has 0 N–H and O–H groups in total. The molecule has 1 saturated carbocycles. The molecule has 0 unspecified atom stereocenters. The first-order valence-electron chi connectivity index (χ1n) is 12.3. The fourth-order valence-corrected chi connectivity index (χ4v) is 5.32. The number of halogens is 2. The summed E-state index contributed by atoms with van der Waals surface area (Å²) in [5.74, 6) is 1.86. The van der Waals surface area contributed by atoms with Crippen molar-refractivity contribution in [3.8, 4) is 11.5 Å². The van der Waals surface area contributed by atoms with Crippen molar-refractivity contribution >= 4 is 44.6 Å². The third kappa shape index (κ3) is 5.73. The van der Waals surface area contributed by atoms with Crippen LogP contribution in [0.15, 0.2) is 75.0 Å². The van der Waals surface area contributed by atoms with E-state index in [1.807, 2.05) is 42.5 Å². The molecule has 0 saturated heterocycles. The van der Waals surface area contributed by atoms with Crippen LogP contribution in [0.2, 0.25) is 5.02 Å². The largest absolute Gasteiger partial charge is 0.493 e. The van der Waals surface area contributed by atoms with E-state index in [-0.39, 0.29) is 11.5 Å². The van der Waals surface area contributed by atoms with Crippen molar-refractivity contribution in [3.05, 3.63) is 97.5 Å². The summed E-state index contributed by atoms with van der Waals surface area (Å²) in [5, 5.41) is 5.66. The Bertz CT molecular complexity index is 1500. The van der Waals surface area contributed by atoms with Gasteiger partial charge in [0.2, 0.25) is 0 Å². The van der Waals surface area contributed by atoms with Crippen LogP contribution in [0.3, 0.4) is 0 Å². The number of hydrogen-bond acceptors (Lipinski definition) is 5. The Hall–Kier alpha value is -3.16. The summed E-state index contributed by atoms with van der Waals surface area (Å²) < 4.78 is 14.0. The van der Waals surface area contributed by atoms with Crippen LogP contribution in [0, 0.1) is 0 Å². The van der Waals surface area contributed by atoms with E-state index in [4.69, 9.17) is 26.1 Å². The van der Waals surface area contributed by atoms with Crippen LogP contribution in [0.1, 0.15) is 55.0 Å². The molecule has 0 aliphatic heterocycles. The molecule has 1 aliphatic rings. The average Bonchev–Trinajstić information content (AvgIpc) is 2.92. The first-order valence-corrected chi connectivity index (χ1v) is 13.5. The molecule has 0 atom stereocenters. The van der Waals surface area contributed by atoms with Gasteiger partial charge in [0.1, 0.15) is 12.4 Å². The molecule has 37 heavy (non-hydrogen) atoms. The minimum absolute atomic E-state index is 0.175. The SMILES string of the molecule is COc1cc(Cl)cc(C=Nn2c(C3CCCCC3)nc3ccc(Br)cc3c2=O)c1OCc1ccccc1. The van der Waals surface area contributed by atoms with Crippen LogP contribution in [0.25, 0.3) is 10.9 Å². The molecule has 0 spiro atoms. The Morgan fingerprint density at radius 2 is 1.89 bits per heavy atom. The number of ether oxygens (including phenoxy) is 2. The Labute approximate surface area is 229 Å². The number of benzene rings is 3. The predicted molar refractivity (Wildman–Crippen MR) is 151 cm³/mol. The first kappa shape index (κ1) is 25.5. The van der Waals surface area contributed by atoms with Gasteiger partial charge in [-0.05, 0) is 42.7 Å². The van der Waals surface area contributed by atoms with Gasteiger partial charge < -0.3 is 9.47 Å². The summed E-state index contributed by atoms with van der Waals surface area (Å²) in [5.41, 5.74) is 2.10. The van der Waals surface area contributed by atoms with Gasteiger partial charge in [-0.1, -0.05) is 77.1 Å². The van der Waals surface area contributed by atoms with Crippen LogP contribution >= 0.6 is 27.5 Å². The van der Waals surface area contributed by atoms with E-state index in [1.54, 1.807) is 31.5 Å². The molecule has 5 rings (SSSR count). The summed E-state index contributed by atoms with van der Waals surface area (Å²) >= 11 is 9.87. The molecule has 6 nitrogen and oxygen atoms in total. The topological polar surface area (TPSA) is 65.7 Å². The molecule has 1 fully saturated rings. The maximum absolute atomic E-state index is 13.7. The van der Waals surface area contributed by atoms with E-state index < -0.39 is 0 Å². The summed E-state index contributed by atoms with van der Waals surface area (Å²) in [6.45, 7) is 0.346. The highest BCUT2D eigenvalue weighted by molar-refractivity contribution is 9.10. The number of rotatable bonds is 7. The van der Waals surface area contributed by atoms with Crippen molar-refractivity contribution in [1.29, 1.82) is 0 Å². The third-order valence-corrected chi connectivity index (χ3v) is 7.32. The van der Waals surface area contributed by atoms with E-state index in [0.29, 0.717) is 45.4 Å². The highest BCUT2D eigenvalue weighted by atomic mass is 79.9. The smallest absolute Gasteiger partial charge is 0.282 e. The normalized spacial score (nSPS) is 14.4. The second-order valence-corrected chi connectivity index (χ2v) is 10.5. The lowest BCUT2D eigenvalue weighted by Crippen LogP contribution is -2.25. The minimum Gasteiger partial charge on any atom is -0.493 e. The lowest BCUT2D eigenvalue weighted by atomic mass is 9.88. The van der Waals surface area contributed by atoms with E-state index >= 15 is 0 Å². The molecule has 1 aliphatic carbocycles. The molecule has 8 heteroatoms. The van der Waals surface area contributed by atoms with Crippen molar-refractivity contribution in [1.82, 2.24) is 9.66 Å². The molecule has 3 aromatic carbocycles. The summed E-state index contributed by atoms with van der Waals surface area (Å²) in [6.07, 6.45) is 7.01. The summed E-state index contributed by atoms with van der Waals surface area (Å²) in [4.78, 5) is 18.6. The number of hydrogen-bond donors (Lipinski definition) is 0. The Balaban J connectivity index is 1.59. The number of aromatic nitrogens is 2. The van der Waals surface area contributed by atoms with Crippen molar-refractivity contribution < 1.29 is 9.47 Å². The molecule has 0 amide bonds. The van der Waals surface area contributed by atoms with Crippen LogP contribution < -0.4 is 15.0 Å². The van der Waals surface area contributed by atoms with Crippen LogP contribution in [-0.4, -0.2) is 23.0 Å². The second-order valence-electron chi connectivity index (χ2n) is 9.13. The van der Waals surface area contributed by atoms with Crippen LogP contribution in [0.4, 0.5) is 0 Å². The average molecular weight is 581 g/mol. The number of nitrogens with zero attached hydrogens (tertiary/aromatic N) is 3. The van der Waals surface area contributed by atoms with Gasteiger partial charge in [-0.25, -0.2) is 4.98 Å². The van der Waals surface area contributed by atoms with Crippen molar-refractivity contribution in [2.45, 2.75) is 44.6 Å². The predicted octanol–water partition coefficient (Wildman–Crippen LogP) is 7.33. The highest BCUT2D eigenvalue weighted by Crippen LogP contribution is 2.35. The van der Waals surface area contributed by atoms with Crippen molar-refractivity contribution in [2.75, 3.05) is 7.11 Å². The fraction of sp³-hybridized carbons (Fsp3) is 0.276. The van der Waals surface area contributed by atoms with E-state index in [1.165, 1.54) is 11.1 Å². The number of fused-ring (bicyclic) bond motifs is 1. The molecule has 0 radical (unpaired) electrons. The third-order valence-electron chi connectivity index (χ3n) is 6.61. The molecule has 0 bridgehead atoms. The Morgan fingerprint density at radius 1 is 1.11 bits per heavy atom. The van der Waals surface area contributed by atoms with Crippen LogP contribution in [-0.2, 0) is 6.61 Å². The van der Waals surface area contributed by atoms with Gasteiger partial charge in [0.25, 0.3) is 5.56 Å². The second kappa shape index (κ2) is 11.5. The highest BCUT2D eigenvalue weighted by Gasteiger charge is 2.23. The van der Waals surface area contributed by atoms with Gasteiger partial charge in [-0.15, -0.1) is 0 Å². The zero-order valence-electron chi connectivity index (χ0n) is 20.5. The van der Waals surface area contributed by atoms with Gasteiger partial charge in [-0.2, -0.15) is 9.78 Å². The zero-order chi connectivity index (χ0) is 25.8. The number of methoxy groups -OCH3 is 1. The molecule has 1 aromatic heterocycles. The molecule has 4 aromatic rings. The van der Waals surface area contributed by atoms with Gasteiger partial charge in [0.15, 0.2) is 11.5 Å². The molecular formula is C29H27BrClN3O3. The Kier molecular flexibility index (Phi) is 7.91. The van der Waals surface area contributed by atoms with Crippen molar-refractivity contribution in [2.24, 2.45) is 5.10 Å². The van der Waals surface area contributed by atoms with Crippen molar-refractivity contribution in [3.63, 3.8) is 0 Å². The van der Waals surface area contributed by atoms with Gasteiger partial charge in [0, 0.05) is 27.0 Å². The van der Waals surface area contributed by atoms with E-state index in [0.717, 1.165) is 35.7 Å². The fourth-order valence-electron chi connectivity index (χ4n) is 4.74. The zero-order valence-corrected chi connectivity index (χ0v) is 22.8. The maximum Gasteiger partial charge on any atom is 0.282 e. The van der Waals surface area contributed by atoms with E-state index in [9.17, 15) is 4.79 Å². The Morgan fingerprint density at radius 3 is 2.65 bits per heavy atom. The molecular weight excluding hydrogens is 554 g/mol. The standard InChI is InChI=1S/C29H27BrClN3O3/c1-36-26-16-23(31)14-21(27(26)37-18-19-8-4-2-5-9-19)17-32-34-28(20-10-6-3-7-11-20)33-25-13-12-22(30)15-24(25)29(34)35/h2,4-5,8-9,12-17,20H,3,6-7,10-11,18H2,1H3. The lowest BCUT2D eigenvalue weighted by molar-refractivity contribution is 0.284. The summed E-state index contributed by atoms with van der Waals surface area (Å²) in [7, 11) is 1.57. The van der Waals surface area contributed by atoms with E-state index in [2.05, 4.69) is 21.0 Å². The molecule has 190 valence electrons. The lowest BCUT2D eigenvalue weighted by Gasteiger charge is -2.23.